The number of aliphatic carboxylic acids is 1. The topological polar surface area (TPSA) is 78.4 Å². The van der Waals surface area contributed by atoms with Gasteiger partial charge in [0.25, 0.3) is 0 Å². The lowest BCUT2D eigenvalue weighted by Gasteiger charge is -2.15. The molecule has 1 aliphatic rings. The fourth-order valence-corrected chi connectivity index (χ4v) is 3.64. The van der Waals surface area contributed by atoms with E-state index in [0.29, 0.717) is 39.5 Å². The number of halogens is 3. The number of urea groups is 1. The zero-order valence-electron chi connectivity index (χ0n) is 10.8. The Kier molecular flexibility index (Phi) is 5.35. The first-order valence-corrected chi connectivity index (χ1v) is 7.86. The number of hydrogen-bond donors (Lipinski definition) is 3. The smallest absolute Gasteiger partial charge is 0.319 e. The minimum atomic E-state index is -0.821. The molecule has 2 amide bonds. The molecule has 1 saturated carbocycles. The molecule has 1 fully saturated rings. The molecule has 0 aliphatic heterocycles. The van der Waals surface area contributed by atoms with E-state index in [9.17, 15) is 9.59 Å². The van der Waals surface area contributed by atoms with Gasteiger partial charge in [0.1, 0.15) is 0 Å². The van der Waals surface area contributed by atoms with E-state index in [1.807, 2.05) is 0 Å². The van der Waals surface area contributed by atoms with Crippen LogP contribution in [-0.2, 0) is 4.79 Å². The molecular weight excluding hydrogens is 383 g/mol. The Hall–Kier alpha value is -0.980. The first-order valence-electron chi connectivity index (χ1n) is 6.31. The second-order valence-electron chi connectivity index (χ2n) is 4.89. The van der Waals surface area contributed by atoms with Crippen LogP contribution >= 0.6 is 39.1 Å². The normalized spacial score (nSPS) is 21.1. The van der Waals surface area contributed by atoms with E-state index in [0.717, 1.165) is 0 Å². The van der Waals surface area contributed by atoms with E-state index in [-0.39, 0.29) is 6.04 Å². The van der Waals surface area contributed by atoms with Crippen LogP contribution in [0.15, 0.2) is 16.6 Å². The highest BCUT2D eigenvalue weighted by Gasteiger charge is 2.30. The Morgan fingerprint density at radius 2 is 1.86 bits per heavy atom. The Bertz CT molecular complexity index is 560. The molecule has 0 aromatic heterocycles. The molecule has 0 radical (unpaired) electrons. The van der Waals surface area contributed by atoms with E-state index in [1.165, 1.54) is 0 Å². The van der Waals surface area contributed by atoms with E-state index >= 15 is 0 Å². The van der Waals surface area contributed by atoms with Crippen LogP contribution in [0.4, 0.5) is 10.5 Å². The molecule has 5 nitrogen and oxygen atoms in total. The first-order chi connectivity index (χ1) is 9.86. The summed E-state index contributed by atoms with van der Waals surface area (Å²) in [5, 5.41) is 14.9. The van der Waals surface area contributed by atoms with Crippen molar-refractivity contribution in [1.82, 2.24) is 5.32 Å². The van der Waals surface area contributed by atoms with Crippen molar-refractivity contribution in [3.8, 4) is 0 Å². The molecular formula is C13H13BrCl2N2O3. The number of carboxylic acids is 1. The maximum absolute atomic E-state index is 11.9. The number of benzene rings is 1. The molecule has 1 aromatic rings. The number of amides is 2. The van der Waals surface area contributed by atoms with E-state index < -0.39 is 17.9 Å². The predicted molar refractivity (Wildman–Crippen MR) is 85.1 cm³/mol. The highest BCUT2D eigenvalue weighted by atomic mass is 79.9. The molecule has 2 atom stereocenters. The molecule has 0 saturated heterocycles. The molecule has 114 valence electrons. The lowest BCUT2D eigenvalue weighted by Crippen LogP contribution is -2.36. The van der Waals surface area contributed by atoms with Gasteiger partial charge in [0.2, 0.25) is 0 Å². The molecule has 8 heteroatoms. The summed E-state index contributed by atoms with van der Waals surface area (Å²) in [6, 6.07) is 2.65. The summed E-state index contributed by atoms with van der Waals surface area (Å²) < 4.78 is 0.712. The van der Waals surface area contributed by atoms with Gasteiger partial charge in [-0.1, -0.05) is 39.1 Å². The van der Waals surface area contributed by atoms with Crippen LogP contribution in [0.2, 0.25) is 10.0 Å². The molecule has 1 aliphatic carbocycles. The summed E-state index contributed by atoms with van der Waals surface area (Å²) in [6.07, 6.45) is 1.65. The third kappa shape index (κ3) is 4.25. The van der Waals surface area contributed by atoms with Crippen LogP contribution in [0.25, 0.3) is 0 Å². The Balaban J connectivity index is 1.96. The minimum Gasteiger partial charge on any atom is -0.481 e. The quantitative estimate of drug-likeness (QED) is 0.719. The third-order valence-corrected chi connectivity index (χ3v) is 4.42. The van der Waals surface area contributed by atoms with E-state index in [1.54, 1.807) is 12.1 Å². The number of carbonyl (C=O) groups is 2. The molecule has 0 heterocycles. The van der Waals surface area contributed by atoms with Crippen molar-refractivity contribution in [2.75, 3.05) is 5.32 Å². The molecule has 0 spiro atoms. The van der Waals surface area contributed by atoms with Crippen molar-refractivity contribution >= 4 is 56.8 Å². The molecule has 2 rings (SSSR count). The number of anilines is 1. The van der Waals surface area contributed by atoms with Gasteiger partial charge in [-0.2, -0.15) is 0 Å². The molecule has 1 aromatic carbocycles. The van der Waals surface area contributed by atoms with Gasteiger partial charge in [-0.05, 0) is 31.4 Å². The SMILES string of the molecule is O=C(Nc1c(Cl)cc(Br)cc1Cl)NC1CCC(C(=O)O)C1. The van der Waals surface area contributed by atoms with Gasteiger partial charge in [0.15, 0.2) is 0 Å². The van der Waals surface area contributed by atoms with Gasteiger partial charge in [-0.15, -0.1) is 0 Å². The third-order valence-electron chi connectivity index (χ3n) is 3.36. The zero-order valence-corrected chi connectivity index (χ0v) is 13.9. The fraction of sp³-hybridized carbons (Fsp3) is 0.385. The summed E-state index contributed by atoms with van der Waals surface area (Å²) >= 11 is 15.3. The highest BCUT2D eigenvalue weighted by Crippen LogP contribution is 2.34. The predicted octanol–water partition coefficient (Wildman–Crippen LogP) is 4.13. The second-order valence-corrected chi connectivity index (χ2v) is 6.62. The van der Waals surface area contributed by atoms with Crippen LogP contribution in [0, 0.1) is 5.92 Å². The first kappa shape index (κ1) is 16.4. The van der Waals surface area contributed by atoms with Crippen molar-refractivity contribution in [3.05, 3.63) is 26.7 Å². The number of carboxylic acid groups (broad SMARTS) is 1. The average molecular weight is 396 g/mol. The van der Waals surface area contributed by atoms with Crippen LogP contribution < -0.4 is 10.6 Å². The maximum atomic E-state index is 11.9. The van der Waals surface area contributed by atoms with Crippen LogP contribution in [0.1, 0.15) is 19.3 Å². The van der Waals surface area contributed by atoms with Crippen LogP contribution in [0.3, 0.4) is 0 Å². The zero-order chi connectivity index (χ0) is 15.6. The molecule has 3 N–H and O–H groups in total. The van der Waals surface area contributed by atoms with Gasteiger partial charge >= 0.3 is 12.0 Å². The Labute approximate surface area is 140 Å². The largest absolute Gasteiger partial charge is 0.481 e. The van der Waals surface area contributed by atoms with Gasteiger partial charge in [0.05, 0.1) is 21.7 Å². The van der Waals surface area contributed by atoms with Crippen molar-refractivity contribution in [2.45, 2.75) is 25.3 Å². The summed E-state index contributed by atoms with van der Waals surface area (Å²) in [7, 11) is 0. The summed E-state index contributed by atoms with van der Waals surface area (Å²) in [5.74, 6) is -1.21. The number of carbonyl (C=O) groups excluding carboxylic acids is 1. The van der Waals surface area contributed by atoms with Crippen molar-refractivity contribution in [1.29, 1.82) is 0 Å². The number of rotatable bonds is 3. The Morgan fingerprint density at radius 3 is 2.38 bits per heavy atom. The van der Waals surface area contributed by atoms with Crippen molar-refractivity contribution in [2.24, 2.45) is 5.92 Å². The van der Waals surface area contributed by atoms with Gasteiger partial charge in [-0.25, -0.2) is 4.79 Å². The summed E-state index contributed by atoms with van der Waals surface area (Å²) in [4.78, 5) is 22.8. The van der Waals surface area contributed by atoms with Crippen molar-refractivity contribution in [3.63, 3.8) is 0 Å². The van der Waals surface area contributed by atoms with E-state index in [4.69, 9.17) is 28.3 Å². The summed E-state index contributed by atoms with van der Waals surface area (Å²) in [6.45, 7) is 0. The number of nitrogens with one attached hydrogen (secondary N) is 2. The Morgan fingerprint density at radius 1 is 1.24 bits per heavy atom. The monoisotopic (exact) mass is 394 g/mol. The van der Waals surface area contributed by atoms with Gasteiger partial charge in [0, 0.05) is 10.5 Å². The molecule has 2 unspecified atom stereocenters. The van der Waals surface area contributed by atoms with Crippen LogP contribution in [0.5, 0.6) is 0 Å². The van der Waals surface area contributed by atoms with Gasteiger partial charge in [-0.3, -0.25) is 4.79 Å². The van der Waals surface area contributed by atoms with Crippen molar-refractivity contribution < 1.29 is 14.7 Å². The fourth-order valence-electron chi connectivity index (χ4n) is 2.33. The minimum absolute atomic E-state index is 0.154. The maximum Gasteiger partial charge on any atom is 0.319 e. The number of hydrogen-bond acceptors (Lipinski definition) is 2. The second kappa shape index (κ2) is 6.85. The van der Waals surface area contributed by atoms with Gasteiger partial charge < -0.3 is 15.7 Å². The van der Waals surface area contributed by atoms with Crippen LogP contribution in [-0.4, -0.2) is 23.1 Å². The molecule has 21 heavy (non-hydrogen) atoms. The molecule has 0 bridgehead atoms. The standard InChI is InChI=1S/C13H13BrCl2N2O3/c14-7-4-9(15)11(10(16)5-7)18-13(21)17-8-2-1-6(3-8)12(19)20/h4-6,8H,1-3H2,(H,19,20)(H2,17,18,21). The van der Waals surface area contributed by atoms with E-state index in [2.05, 4.69) is 26.6 Å². The lowest BCUT2D eigenvalue weighted by atomic mass is 10.1. The highest BCUT2D eigenvalue weighted by molar-refractivity contribution is 9.10. The average Bonchev–Trinajstić information content (AvgIpc) is 2.82. The lowest BCUT2D eigenvalue weighted by molar-refractivity contribution is -0.141. The summed E-state index contributed by atoms with van der Waals surface area (Å²) in [5.41, 5.74) is 0.326.